The molecule has 0 unspecified atom stereocenters. The fraction of sp³-hybridized carbons (Fsp3) is 0.333. The molecule has 0 aromatic carbocycles. The number of carboxylic acids is 1. The monoisotopic (exact) mass is 363 g/mol. The highest BCUT2D eigenvalue weighted by atomic mass is 35.5. The van der Waals surface area contributed by atoms with Gasteiger partial charge in [-0.15, -0.1) is 0 Å². The maximum atomic E-state index is 11.4. The quantitative estimate of drug-likeness (QED) is 0.828. The summed E-state index contributed by atoms with van der Waals surface area (Å²) in [4.78, 5) is 26.3. The summed E-state index contributed by atoms with van der Waals surface area (Å²) in [5.74, 6) is -1.40. The molecule has 2 heterocycles. The van der Waals surface area contributed by atoms with E-state index in [1.165, 1.54) is 35.7 Å². The highest BCUT2D eigenvalue weighted by Crippen LogP contribution is 2.10. The molecule has 0 aliphatic carbocycles. The second-order valence-electron chi connectivity index (χ2n) is 4.24. The summed E-state index contributed by atoms with van der Waals surface area (Å²) in [6.45, 7) is 0. The van der Waals surface area contributed by atoms with Crippen molar-refractivity contribution in [2.24, 2.45) is 14.1 Å². The zero-order valence-corrected chi connectivity index (χ0v) is 14.3. The van der Waals surface area contributed by atoms with Gasteiger partial charge in [0.2, 0.25) is 0 Å². The fourth-order valence-corrected chi connectivity index (χ4v) is 1.62. The SMILES string of the molecule is CON(C)C(=O)c1cc(Cl)n(C)n1.Cn1nc(C(=O)O)cc1Cl. The van der Waals surface area contributed by atoms with Crippen LogP contribution in [-0.2, 0) is 18.9 Å². The molecule has 2 rings (SSSR count). The van der Waals surface area contributed by atoms with E-state index in [1.54, 1.807) is 14.1 Å². The molecule has 0 aliphatic rings. The average Bonchev–Trinajstić information content (AvgIpc) is 3.01. The van der Waals surface area contributed by atoms with Crippen molar-refractivity contribution in [3.63, 3.8) is 0 Å². The molecule has 126 valence electrons. The van der Waals surface area contributed by atoms with E-state index in [9.17, 15) is 9.59 Å². The van der Waals surface area contributed by atoms with E-state index in [0.29, 0.717) is 10.3 Å². The minimum Gasteiger partial charge on any atom is -0.476 e. The average molecular weight is 364 g/mol. The summed E-state index contributed by atoms with van der Waals surface area (Å²) in [6.07, 6.45) is 0. The van der Waals surface area contributed by atoms with Gasteiger partial charge in [0, 0.05) is 33.3 Å². The Morgan fingerprint density at radius 2 is 1.57 bits per heavy atom. The molecular formula is C12H15Cl2N5O4. The van der Waals surface area contributed by atoms with Crippen molar-refractivity contribution >= 4 is 35.1 Å². The second kappa shape index (κ2) is 7.95. The first kappa shape index (κ1) is 18.9. The summed E-state index contributed by atoms with van der Waals surface area (Å²) in [5.41, 5.74) is 0.226. The number of amides is 1. The van der Waals surface area contributed by atoms with Crippen molar-refractivity contribution in [1.82, 2.24) is 24.6 Å². The van der Waals surface area contributed by atoms with E-state index >= 15 is 0 Å². The predicted octanol–water partition coefficient (Wildman–Crippen LogP) is 1.48. The Balaban J connectivity index is 0.000000238. The zero-order chi connectivity index (χ0) is 17.7. The molecule has 2 aromatic rings. The Morgan fingerprint density at radius 1 is 1.13 bits per heavy atom. The Morgan fingerprint density at radius 3 is 1.83 bits per heavy atom. The van der Waals surface area contributed by atoms with Gasteiger partial charge in [-0.05, 0) is 0 Å². The number of carbonyl (C=O) groups is 2. The standard InChI is InChI=1S/C7H10ClN3O2.C5H5ClN2O2/c1-10-6(8)4-5(9-10)7(12)11(2)13-3;1-8-4(6)2-3(7-8)5(9)10/h4H,1-3H3;2H,1H3,(H,9,10). The van der Waals surface area contributed by atoms with Crippen LogP contribution in [0.15, 0.2) is 12.1 Å². The van der Waals surface area contributed by atoms with Crippen molar-refractivity contribution in [2.45, 2.75) is 0 Å². The molecule has 0 aliphatic heterocycles. The molecule has 11 heteroatoms. The molecule has 2 aromatic heterocycles. The van der Waals surface area contributed by atoms with Crippen LogP contribution in [0.5, 0.6) is 0 Å². The first-order valence-electron chi connectivity index (χ1n) is 6.12. The molecule has 0 saturated carbocycles. The largest absolute Gasteiger partial charge is 0.476 e. The van der Waals surface area contributed by atoms with Gasteiger partial charge in [-0.3, -0.25) is 19.0 Å². The summed E-state index contributed by atoms with van der Waals surface area (Å²) in [7, 11) is 6.15. The highest BCUT2D eigenvalue weighted by Gasteiger charge is 2.15. The number of hydroxylamine groups is 2. The maximum Gasteiger partial charge on any atom is 0.356 e. The van der Waals surface area contributed by atoms with Gasteiger partial charge in [-0.25, -0.2) is 9.86 Å². The van der Waals surface area contributed by atoms with Crippen LogP contribution in [0.1, 0.15) is 21.0 Å². The first-order valence-corrected chi connectivity index (χ1v) is 6.87. The van der Waals surface area contributed by atoms with Gasteiger partial charge in [0.1, 0.15) is 10.3 Å². The van der Waals surface area contributed by atoms with Gasteiger partial charge in [0.15, 0.2) is 11.4 Å². The lowest BCUT2D eigenvalue weighted by Gasteiger charge is -2.10. The number of aromatic nitrogens is 4. The lowest BCUT2D eigenvalue weighted by Crippen LogP contribution is -2.25. The van der Waals surface area contributed by atoms with Crippen molar-refractivity contribution in [3.8, 4) is 0 Å². The number of carboxylic acid groups (broad SMARTS) is 1. The van der Waals surface area contributed by atoms with E-state index < -0.39 is 5.97 Å². The van der Waals surface area contributed by atoms with E-state index in [0.717, 1.165) is 5.06 Å². The Hall–Kier alpha value is -2.10. The van der Waals surface area contributed by atoms with E-state index in [-0.39, 0.29) is 17.3 Å². The highest BCUT2D eigenvalue weighted by molar-refractivity contribution is 6.30. The Labute approximate surface area is 141 Å². The van der Waals surface area contributed by atoms with Gasteiger partial charge in [-0.1, -0.05) is 23.2 Å². The van der Waals surface area contributed by atoms with Gasteiger partial charge < -0.3 is 5.11 Å². The summed E-state index contributed by atoms with van der Waals surface area (Å²) in [6, 6.07) is 2.78. The summed E-state index contributed by atoms with van der Waals surface area (Å²) in [5, 5.41) is 17.7. The molecule has 0 radical (unpaired) electrons. The molecule has 9 nitrogen and oxygen atoms in total. The van der Waals surface area contributed by atoms with Crippen LogP contribution < -0.4 is 0 Å². The first-order chi connectivity index (χ1) is 10.7. The number of hydrogen-bond acceptors (Lipinski definition) is 5. The van der Waals surface area contributed by atoms with Gasteiger partial charge >= 0.3 is 5.97 Å². The lowest BCUT2D eigenvalue weighted by molar-refractivity contribution is -0.0760. The third-order valence-electron chi connectivity index (χ3n) is 2.64. The van der Waals surface area contributed by atoms with Crippen molar-refractivity contribution in [2.75, 3.05) is 14.2 Å². The van der Waals surface area contributed by atoms with Crippen LogP contribution >= 0.6 is 23.2 Å². The van der Waals surface area contributed by atoms with Crippen molar-refractivity contribution < 1.29 is 19.5 Å². The molecule has 23 heavy (non-hydrogen) atoms. The van der Waals surface area contributed by atoms with Crippen LogP contribution in [0.4, 0.5) is 0 Å². The molecule has 0 saturated heterocycles. The minimum atomic E-state index is -1.07. The summed E-state index contributed by atoms with van der Waals surface area (Å²) >= 11 is 11.2. The van der Waals surface area contributed by atoms with Crippen LogP contribution in [-0.4, -0.2) is 55.8 Å². The number of hydrogen-bond donors (Lipinski definition) is 1. The topological polar surface area (TPSA) is 102 Å². The third kappa shape index (κ3) is 4.95. The summed E-state index contributed by atoms with van der Waals surface area (Å²) < 4.78 is 2.71. The van der Waals surface area contributed by atoms with Gasteiger partial charge in [0.25, 0.3) is 5.91 Å². The molecule has 0 bridgehead atoms. The van der Waals surface area contributed by atoms with E-state index in [1.807, 2.05) is 0 Å². The second-order valence-corrected chi connectivity index (χ2v) is 5.02. The molecule has 1 amide bonds. The number of aryl methyl sites for hydroxylation is 2. The third-order valence-corrected chi connectivity index (χ3v) is 3.35. The molecule has 0 spiro atoms. The van der Waals surface area contributed by atoms with Crippen LogP contribution in [0.3, 0.4) is 0 Å². The number of nitrogens with zero attached hydrogens (tertiary/aromatic N) is 5. The Bertz CT molecular complexity index is 673. The number of aromatic carboxylic acids is 1. The fourth-order valence-electron chi connectivity index (χ4n) is 1.34. The smallest absolute Gasteiger partial charge is 0.356 e. The maximum absolute atomic E-state index is 11.4. The lowest BCUT2D eigenvalue weighted by atomic mass is 10.4. The molecule has 1 N–H and O–H groups in total. The minimum absolute atomic E-state index is 0.0347. The zero-order valence-electron chi connectivity index (χ0n) is 12.8. The number of carbonyl (C=O) groups excluding carboxylic acids is 1. The normalized spacial score (nSPS) is 10.0. The Kier molecular flexibility index (Phi) is 6.55. The van der Waals surface area contributed by atoms with Crippen LogP contribution in [0.25, 0.3) is 0 Å². The van der Waals surface area contributed by atoms with E-state index in [2.05, 4.69) is 10.2 Å². The van der Waals surface area contributed by atoms with Crippen LogP contribution in [0.2, 0.25) is 10.3 Å². The number of rotatable bonds is 3. The van der Waals surface area contributed by atoms with Crippen molar-refractivity contribution in [1.29, 1.82) is 0 Å². The van der Waals surface area contributed by atoms with Gasteiger partial charge in [0.05, 0.1) is 7.11 Å². The predicted molar refractivity (Wildman–Crippen MR) is 82.5 cm³/mol. The van der Waals surface area contributed by atoms with Crippen LogP contribution in [0, 0.1) is 0 Å². The van der Waals surface area contributed by atoms with Crippen molar-refractivity contribution in [3.05, 3.63) is 33.8 Å². The van der Waals surface area contributed by atoms with E-state index in [4.69, 9.17) is 33.1 Å². The van der Waals surface area contributed by atoms with Gasteiger partial charge in [-0.2, -0.15) is 10.2 Å². The molecule has 0 atom stereocenters. The molecule has 0 fully saturated rings. The molecular weight excluding hydrogens is 349 g/mol. The number of halogens is 2.